The van der Waals surface area contributed by atoms with Crippen LogP contribution in [0.15, 0.2) is 49.3 Å². The second kappa shape index (κ2) is 11.2. The number of rotatable bonds is 13. The van der Waals surface area contributed by atoms with Gasteiger partial charge >= 0.3 is 0 Å². The summed E-state index contributed by atoms with van der Waals surface area (Å²) < 4.78 is 8.12. The molecule has 1 fully saturated rings. The maximum absolute atomic E-state index is 11.6. The van der Waals surface area contributed by atoms with E-state index >= 15 is 0 Å². The normalized spacial score (nSPS) is 13.0. The minimum atomic E-state index is 0.226. The Morgan fingerprint density at radius 3 is 2.66 bits per heavy atom. The molecule has 184 valence electrons. The second-order valence-electron chi connectivity index (χ2n) is 9.16. The van der Waals surface area contributed by atoms with E-state index in [1.54, 1.807) is 12.4 Å². The van der Waals surface area contributed by atoms with E-state index in [1.807, 2.05) is 18.2 Å². The third-order valence-electron chi connectivity index (χ3n) is 6.08. The number of anilines is 1. The van der Waals surface area contributed by atoms with Gasteiger partial charge in [-0.1, -0.05) is 43.8 Å². The average Bonchev–Trinajstić information content (AvgIpc) is 3.63. The van der Waals surface area contributed by atoms with Crippen molar-refractivity contribution in [1.82, 2.24) is 24.4 Å². The first kappa shape index (κ1) is 24.4. The van der Waals surface area contributed by atoms with Gasteiger partial charge < -0.3 is 19.5 Å². The summed E-state index contributed by atoms with van der Waals surface area (Å²) in [6.45, 7) is 12.8. The predicted octanol–water partition coefficient (Wildman–Crippen LogP) is 4.84. The van der Waals surface area contributed by atoms with Crippen LogP contribution < -0.4 is 10.1 Å². The largest absolute Gasteiger partial charge is 0.476 e. The third-order valence-corrected chi connectivity index (χ3v) is 6.08. The monoisotopic (exact) mass is 474 g/mol. The second-order valence-corrected chi connectivity index (χ2v) is 9.16. The predicted molar refractivity (Wildman–Crippen MR) is 138 cm³/mol. The highest BCUT2D eigenvalue weighted by Crippen LogP contribution is 2.36. The lowest BCUT2D eigenvalue weighted by atomic mass is 10.2. The number of benzene rings is 1. The number of amides is 1. The number of nitrogens with one attached hydrogen (secondary N) is 1. The average molecular weight is 475 g/mol. The first-order valence-corrected chi connectivity index (χ1v) is 12.3. The zero-order chi connectivity index (χ0) is 24.8. The van der Waals surface area contributed by atoms with Crippen molar-refractivity contribution < 1.29 is 9.53 Å². The molecule has 2 heterocycles. The molecule has 0 saturated heterocycles. The highest BCUT2D eigenvalue weighted by atomic mass is 16.5. The van der Waals surface area contributed by atoms with E-state index in [4.69, 9.17) is 9.72 Å². The minimum Gasteiger partial charge on any atom is -0.476 e. The third kappa shape index (κ3) is 5.70. The van der Waals surface area contributed by atoms with Gasteiger partial charge in [-0.3, -0.25) is 4.79 Å². The molecular weight excluding hydrogens is 440 g/mol. The van der Waals surface area contributed by atoms with Gasteiger partial charge in [-0.25, -0.2) is 15.0 Å². The molecule has 1 aliphatic rings. The molecule has 2 aromatic heterocycles. The quantitative estimate of drug-likeness (QED) is 0.357. The van der Waals surface area contributed by atoms with E-state index < -0.39 is 0 Å². The fourth-order valence-electron chi connectivity index (χ4n) is 4.15. The first-order chi connectivity index (χ1) is 17.0. The number of carbonyl (C=O) groups is 1. The van der Waals surface area contributed by atoms with Crippen molar-refractivity contribution in [1.29, 1.82) is 0 Å². The van der Waals surface area contributed by atoms with Gasteiger partial charge in [-0.05, 0) is 44.6 Å². The summed E-state index contributed by atoms with van der Waals surface area (Å²) in [5.74, 6) is 2.04. The van der Waals surface area contributed by atoms with Crippen LogP contribution in [0.4, 0.5) is 5.82 Å². The lowest BCUT2D eigenvalue weighted by Crippen LogP contribution is -2.31. The van der Waals surface area contributed by atoms with Crippen LogP contribution in [0.25, 0.3) is 17.2 Å². The Hall–Kier alpha value is -3.68. The maximum atomic E-state index is 11.6. The van der Waals surface area contributed by atoms with E-state index in [0.717, 1.165) is 29.9 Å². The number of hydrogen-bond acceptors (Lipinski definition) is 6. The Morgan fingerprint density at radius 2 is 2.00 bits per heavy atom. The Kier molecular flexibility index (Phi) is 7.80. The van der Waals surface area contributed by atoms with E-state index in [2.05, 4.69) is 64.2 Å². The summed E-state index contributed by atoms with van der Waals surface area (Å²) in [5.41, 5.74) is 3.18. The van der Waals surface area contributed by atoms with E-state index in [1.165, 1.54) is 12.8 Å². The summed E-state index contributed by atoms with van der Waals surface area (Å²) in [6.07, 6.45) is 7.24. The minimum absolute atomic E-state index is 0.226. The molecule has 3 aromatic rings. The number of carbonyl (C=O) groups excluding carboxylic acids is 1. The van der Waals surface area contributed by atoms with Crippen LogP contribution in [0.1, 0.15) is 51.3 Å². The lowest BCUT2D eigenvalue weighted by Gasteiger charge is -2.31. The van der Waals surface area contributed by atoms with E-state index in [9.17, 15) is 4.79 Å². The number of imidazole rings is 1. The van der Waals surface area contributed by atoms with Crippen LogP contribution in [-0.2, 0) is 11.3 Å². The van der Waals surface area contributed by atoms with Gasteiger partial charge in [0.25, 0.3) is 0 Å². The molecular formula is C27H34N6O2. The molecule has 1 N–H and O–H groups in total. The standard InChI is InChI=1S/C27H34N6O2/c1-5-15-32(19(2)3)20(4)24-25(30-18-34)31-26(33(24)16-21-9-7-6-8-10-21)23-27(29-14-13-28-23)35-17-22-11-12-22/h6-10,13-14,18-19,22H,4-5,11-12,15-17H2,1-3H3,(H,30,34). The molecule has 0 spiro atoms. The van der Waals surface area contributed by atoms with Crippen molar-refractivity contribution in [3.63, 3.8) is 0 Å². The molecule has 0 aliphatic heterocycles. The molecule has 0 bridgehead atoms. The fraction of sp³-hybridized carbons (Fsp3) is 0.407. The molecule has 0 radical (unpaired) electrons. The number of aromatic nitrogens is 4. The molecule has 1 saturated carbocycles. The van der Waals surface area contributed by atoms with Gasteiger partial charge in [0.2, 0.25) is 12.3 Å². The van der Waals surface area contributed by atoms with Crippen LogP contribution in [0, 0.1) is 5.92 Å². The summed E-state index contributed by atoms with van der Waals surface area (Å²) in [5, 5.41) is 2.80. The number of ether oxygens (including phenoxy) is 1. The van der Waals surface area contributed by atoms with Gasteiger partial charge in [-0.15, -0.1) is 0 Å². The van der Waals surface area contributed by atoms with Crippen molar-refractivity contribution in [2.75, 3.05) is 18.5 Å². The van der Waals surface area contributed by atoms with Crippen molar-refractivity contribution >= 4 is 17.9 Å². The van der Waals surface area contributed by atoms with Gasteiger partial charge in [0.15, 0.2) is 17.3 Å². The lowest BCUT2D eigenvalue weighted by molar-refractivity contribution is -0.105. The van der Waals surface area contributed by atoms with Gasteiger partial charge in [0, 0.05) is 31.5 Å². The van der Waals surface area contributed by atoms with Crippen molar-refractivity contribution in [2.24, 2.45) is 5.92 Å². The highest BCUT2D eigenvalue weighted by molar-refractivity contribution is 5.81. The number of hydrogen-bond donors (Lipinski definition) is 1. The van der Waals surface area contributed by atoms with Crippen LogP contribution in [0.2, 0.25) is 0 Å². The van der Waals surface area contributed by atoms with Gasteiger partial charge in [0.05, 0.1) is 12.3 Å². The zero-order valence-electron chi connectivity index (χ0n) is 20.8. The van der Waals surface area contributed by atoms with Crippen LogP contribution >= 0.6 is 0 Å². The van der Waals surface area contributed by atoms with Crippen molar-refractivity contribution in [3.05, 3.63) is 60.6 Å². The Labute approximate surface area is 207 Å². The molecule has 1 amide bonds. The van der Waals surface area contributed by atoms with Gasteiger partial charge in [-0.2, -0.15) is 0 Å². The van der Waals surface area contributed by atoms with Crippen LogP contribution in [0.3, 0.4) is 0 Å². The maximum Gasteiger partial charge on any atom is 0.243 e. The Balaban J connectivity index is 1.87. The van der Waals surface area contributed by atoms with Crippen molar-refractivity contribution in [2.45, 2.75) is 52.6 Å². The topological polar surface area (TPSA) is 85.2 Å². The van der Waals surface area contributed by atoms with Gasteiger partial charge in [0.1, 0.15) is 5.69 Å². The summed E-state index contributed by atoms with van der Waals surface area (Å²) in [4.78, 5) is 27.7. The molecule has 4 rings (SSSR count). The molecule has 8 nitrogen and oxygen atoms in total. The highest BCUT2D eigenvalue weighted by Gasteiger charge is 2.28. The molecule has 1 aliphatic carbocycles. The SMILES string of the molecule is C=C(c1c(NC=O)nc(-c2nccnc2OCC2CC2)n1Cc1ccccc1)N(CCC)C(C)C. The summed E-state index contributed by atoms with van der Waals surface area (Å²) in [6, 6.07) is 10.4. The summed E-state index contributed by atoms with van der Waals surface area (Å²) >= 11 is 0. The molecule has 8 heteroatoms. The molecule has 0 unspecified atom stereocenters. The summed E-state index contributed by atoms with van der Waals surface area (Å²) in [7, 11) is 0. The molecule has 1 aromatic carbocycles. The Bertz CT molecular complexity index is 1150. The smallest absolute Gasteiger partial charge is 0.243 e. The molecule has 35 heavy (non-hydrogen) atoms. The van der Waals surface area contributed by atoms with E-state index in [0.29, 0.717) is 48.7 Å². The zero-order valence-corrected chi connectivity index (χ0v) is 20.8. The van der Waals surface area contributed by atoms with Crippen molar-refractivity contribution in [3.8, 4) is 17.4 Å². The van der Waals surface area contributed by atoms with Crippen LogP contribution in [0.5, 0.6) is 5.88 Å². The van der Waals surface area contributed by atoms with Crippen LogP contribution in [-0.4, -0.2) is 50.0 Å². The van der Waals surface area contributed by atoms with E-state index in [-0.39, 0.29) is 6.04 Å². The Morgan fingerprint density at radius 1 is 1.26 bits per heavy atom. The first-order valence-electron chi connectivity index (χ1n) is 12.3. The molecule has 0 atom stereocenters. The fourth-order valence-corrected chi connectivity index (χ4v) is 4.15. The number of nitrogens with zero attached hydrogens (tertiary/aromatic N) is 5.